The van der Waals surface area contributed by atoms with Gasteiger partial charge in [0.25, 0.3) is 0 Å². The van der Waals surface area contributed by atoms with Crippen LogP contribution in [0.25, 0.3) is 0 Å². The summed E-state index contributed by atoms with van der Waals surface area (Å²) in [5, 5.41) is 9.67. The van der Waals surface area contributed by atoms with Gasteiger partial charge in [-0.15, -0.1) is 0 Å². The Morgan fingerprint density at radius 3 is 2.60 bits per heavy atom. The third-order valence-electron chi connectivity index (χ3n) is 3.27. The number of aliphatic hydroxyl groups is 1. The number of likely N-dealkylation sites (N-methyl/N-ethyl adjacent to an activating group) is 1. The van der Waals surface area contributed by atoms with E-state index in [2.05, 4.69) is 0 Å². The van der Waals surface area contributed by atoms with Crippen molar-refractivity contribution in [1.29, 1.82) is 0 Å². The van der Waals surface area contributed by atoms with Crippen LogP contribution in [0, 0.1) is 5.82 Å². The van der Waals surface area contributed by atoms with E-state index in [0.29, 0.717) is 5.56 Å². The molecule has 5 heteroatoms. The van der Waals surface area contributed by atoms with Gasteiger partial charge in [0.2, 0.25) is 5.91 Å². The van der Waals surface area contributed by atoms with Gasteiger partial charge >= 0.3 is 0 Å². The molecule has 1 unspecified atom stereocenters. The van der Waals surface area contributed by atoms with Gasteiger partial charge in [-0.1, -0.05) is 18.2 Å². The molecule has 0 aliphatic carbocycles. The number of halogens is 1. The highest BCUT2D eigenvalue weighted by Gasteiger charge is 2.34. The van der Waals surface area contributed by atoms with Crippen LogP contribution in [-0.2, 0) is 14.9 Å². The lowest BCUT2D eigenvalue weighted by atomic mass is 9.83. The molecule has 112 valence electrons. The number of carbonyl (C=O) groups excluding carboxylic acids is 1. The smallest absolute Gasteiger partial charge is 0.232 e. The Bertz CT molecular complexity index is 462. The van der Waals surface area contributed by atoms with Gasteiger partial charge in [0.05, 0.1) is 18.1 Å². The molecule has 1 N–H and O–H groups in total. The molecule has 1 rings (SSSR count). The summed E-state index contributed by atoms with van der Waals surface area (Å²) in [6, 6.07) is 6.23. The number of aliphatic hydroxyl groups excluding tert-OH is 1. The van der Waals surface area contributed by atoms with Crippen molar-refractivity contribution in [3.8, 4) is 0 Å². The topological polar surface area (TPSA) is 49.8 Å². The third kappa shape index (κ3) is 3.77. The van der Waals surface area contributed by atoms with Crippen LogP contribution < -0.4 is 0 Å². The number of rotatable bonds is 6. The summed E-state index contributed by atoms with van der Waals surface area (Å²) in [4.78, 5) is 13.9. The van der Waals surface area contributed by atoms with E-state index in [1.165, 1.54) is 18.1 Å². The Morgan fingerprint density at radius 1 is 1.45 bits per heavy atom. The Balaban J connectivity index is 2.87. The number of ether oxygens (including phenoxy) is 1. The van der Waals surface area contributed by atoms with Crippen molar-refractivity contribution in [1.82, 2.24) is 4.90 Å². The average molecular weight is 283 g/mol. The average Bonchev–Trinajstić information content (AvgIpc) is 2.38. The maximum atomic E-state index is 13.9. The van der Waals surface area contributed by atoms with Crippen LogP contribution in [0.5, 0.6) is 0 Å². The largest absolute Gasteiger partial charge is 0.389 e. The molecule has 0 radical (unpaired) electrons. The zero-order chi connectivity index (χ0) is 15.3. The summed E-state index contributed by atoms with van der Waals surface area (Å²) in [6.07, 6.45) is -0.759. The van der Waals surface area contributed by atoms with Gasteiger partial charge in [-0.2, -0.15) is 0 Å². The molecule has 0 fully saturated rings. The fraction of sp³-hybridized carbons (Fsp3) is 0.533. The zero-order valence-electron chi connectivity index (χ0n) is 12.4. The Kier molecular flexibility index (Phi) is 5.65. The number of hydrogen-bond donors (Lipinski definition) is 1. The van der Waals surface area contributed by atoms with Gasteiger partial charge in [0, 0.05) is 26.3 Å². The molecule has 1 atom stereocenters. The lowest BCUT2D eigenvalue weighted by Gasteiger charge is -2.31. The Labute approximate surface area is 119 Å². The van der Waals surface area contributed by atoms with Crippen molar-refractivity contribution >= 4 is 5.91 Å². The monoisotopic (exact) mass is 283 g/mol. The minimum absolute atomic E-state index is 0.143. The third-order valence-corrected chi connectivity index (χ3v) is 3.27. The minimum Gasteiger partial charge on any atom is -0.389 e. The molecular weight excluding hydrogens is 261 g/mol. The molecule has 0 heterocycles. The van der Waals surface area contributed by atoms with E-state index in [-0.39, 0.29) is 19.1 Å². The highest BCUT2D eigenvalue weighted by Crippen LogP contribution is 2.27. The van der Waals surface area contributed by atoms with Crippen LogP contribution in [0.15, 0.2) is 24.3 Å². The molecule has 0 saturated heterocycles. The lowest BCUT2D eigenvalue weighted by Crippen LogP contribution is -2.45. The van der Waals surface area contributed by atoms with E-state index in [4.69, 9.17) is 4.74 Å². The fourth-order valence-corrected chi connectivity index (χ4v) is 2.20. The van der Waals surface area contributed by atoms with Crippen molar-refractivity contribution in [3.05, 3.63) is 35.6 Å². The first-order valence-corrected chi connectivity index (χ1v) is 6.48. The van der Waals surface area contributed by atoms with Gasteiger partial charge in [-0.3, -0.25) is 4.79 Å². The van der Waals surface area contributed by atoms with Crippen molar-refractivity contribution in [2.75, 3.05) is 27.3 Å². The van der Waals surface area contributed by atoms with E-state index < -0.39 is 17.3 Å². The van der Waals surface area contributed by atoms with E-state index >= 15 is 0 Å². The van der Waals surface area contributed by atoms with Gasteiger partial charge in [-0.05, 0) is 19.9 Å². The van der Waals surface area contributed by atoms with Crippen molar-refractivity contribution in [3.63, 3.8) is 0 Å². The first kappa shape index (κ1) is 16.6. The molecule has 0 bridgehead atoms. The number of amides is 1. The minimum atomic E-state index is -0.993. The molecule has 0 saturated carbocycles. The molecule has 20 heavy (non-hydrogen) atoms. The summed E-state index contributed by atoms with van der Waals surface area (Å²) in [5.41, 5.74) is -0.648. The zero-order valence-corrected chi connectivity index (χ0v) is 12.4. The second-order valence-corrected chi connectivity index (χ2v) is 5.40. The van der Waals surface area contributed by atoms with Gasteiger partial charge in [0.1, 0.15) is 5.82 Å². The maximum Gasteiger partial charge on any atom is 0.232 e. The number of methoxy groups -OCH3 is 1. The summed E-state index contributed by atoms with van der Waals surface area (Å²) in [5.74, 6) is -0.658. The molecule has 1 amide bonds. The fourth-order valence-electron chi connectivity index (χ4n) is 2.20. The maximum absolute atomic E-state index is 13.9. The van der Waals surface area contributed by atoms with Crippen LogP contribution in [0.1, 0.15) is 19.4 Å². The van der Waals surface area contributed by atoms with E-state index in [0.717, 1.165) is 0 Å². The van der Waals surface area contributed by atoms with E-state index in [9.17, 15) is 14.3 Å². The van der Waals surface area contributed by atoms with Gasteiger partial charge in [-0.25, -0.2) is 4.39 Å². The number of hydrogen-bond acceptors (Lipinski definition) is 3. The first-order valence-electron chi connectivity index (χ1n) is 6.48. The molecule has 0 aliphatic rings. The van der Waals surface area contributed by atoms with Crippen LogP contribution >= 0.6 is 0 Å². The van der Waals surface area contributed by atoms with Crippen molar-refractivity contribution in [2.45, 2.75) is 25.4 Å². The second-order valence-electron chi connectivity index (χ2n) is 5.40. The Hall–Kier alpha value is -1.46. The molecule has 1 aromatic carbocycles. The highest BCUT2D eigenvalue weighted by atomic mass is 19.1. The second kappa shape index (κ2) is 6.81. The molecule has 1 aromatic rings. The summed E-state index contributed by atoms with van der Waals surface area (Å²) in [7, 11) is 3.07. The highest BCUT2D eigenvalue weighted by molar-refractivity contribution is 5.87. The molecule has 0 aliphatic heterocycles. The van der Waals surface area contributed by atoms with Gasteiger partial charge in [0.15, 0.2) is 0 Å². The van der Waals surface area contributed by atoms with Crippen LogP contribution in [0.4, 0.5) is 4.39 Å². The molecule has 0 spiro atoms. The molecule has 0 aromatic heterocycles. The van der Waals surface area contributed by atoms with Crippen molar-refractivity contribution < 1.29 is 19.0 Å². The SMILES string of the molecule is COCC(O)CN(C)C(=O)C(C)(C)c1ccccc1F. The Morgan fingerprint density at radius 2 is 2.05 bits per heavy atom. The number of nitrogens with zero attached hydrogens (tertiary/aromatic N) is 1. The van der Waals surface area contributed by atoms with Gasteiger partial charge < -0.3 is 14.7 Å². The standard InChI is InChI=1S/C15H22FNO3/c1-15(2,12-7-5-6-8-13(12)16)14(19)17(3)9-11(18)10-20-4/h5-8,11,18H,9-10H2,1-4H3. The lowest BCUT2D eigenvalue weighted by molar-refractivity contribution is -0.136. The van der Waals surface area contributed by atoms with E-state index in [1.54, 1.807) is 39.1 Å². The van der Waals surface area contributed by atoms with E-state index in [1.807, 2.05) is 0 Å². The molecule has 4 nitrogen and oxygen atoms in total. The summed E-state index contributed by atoms with van der Waals surface area (Å²) < 4.78 is 18.7. The predicted molar refractivity (Wildman–Crippen MR) is 74.9 cm³/mol. The van der Waals surface area contributed by atoms with Crippen molar-refractivity contribution in [2.24, 2.45) is 0 Å². The number of carbonyl (C=O) groups is 1. The van der Waals surface area contributed by atoms with Crippen LogP contribution in [-0.4, -0.2) is 49.3 Å². The first-order chi connectivity index (χ1) is 9.30. The van der Waals surface area contributed by atoms with Crippen LogP contribution in [0.2, 0.25) is 0 Å². The normalized spacial score (nSPS) is 13.1. The quantitative estimate of drug-likeness (QED) is 0.862. The number of benzene rings is 1. The summed E-state index contributed by atoms with van der Waals surface area (Å²) in [6.45, 7) is 3.64. The summed E-state index contributed by atoms with van der Waals surface area (Å²) >= 11 is 0. The van der Waals surface area contributed by atoms with Crippen LogP contribution in [0.3, 0.4) is 0 Å². The predicted octanol–water partition coefficient (Wildman–Crippen LogP) is 1.57. The molecular formula is C15H22FNO3.